The van der Waals surface area contributed by atoms with E-state index in [1.807, 2.05) is 20.8 Å². The van der Waals surface area contributed by atoms with Crippen LogP contribution in [0.4, 0.5) is 4.39 Å². The van der Waals surface area contributed by atoms with Gasteiger partial charge in [0, 0.05) is 19.6 Å². The molecular weight excluding hydrogens is 335 g/mol. The first-order valence-electron chi connectivity index (χ1n) is 8.28. The van der Waals surface area contributed by atoms with Gasteiger partial charge >= 0.3 is 0 Å². The van der Waals surface area contributed by atoms with Crippen LogP contribution in [-0.2, 0) is 0 Å². The molecule has 0 atom stereocenters. The van der Waals surface area contributed by atoms with E-state index in [1.54, 1.807) is 6.08 Å². The second-order valence-electron chi connectivity index (χ2n) is 5.51. The summed E-state index contributed by atoms with van der Waals surface area (Å²) >= 11 is 0. The van der Waals surface area contributed by atoms with Crippen LogP contribution in [0.15, 0.2) is 53.6 Å². The summed E-state index contributed by atoms with van der Waals surface area (Å²) in [6.07, 6.45) is 6.90. The lowest BCUT2D eigenvalue weighted by Crippen LogP contribution is -2.29. The summed E-state index contributed by atoms with van der Waals surface area (Å²) in [5.41, 5.74) is 1.20. The van der Waals surface area contributed by atoms with Crippen molar-refractivity contribution in [1.29, 1.82) is 0 Å². The Morgan fingerprint density at radius 1 is 1.27 bits per heavy atom. The van der Waals surface area contributed by atoms with Crippen LogP contribution in [0.25, 0.3) is 0 Å². The molecule has 138 valence electrons. The fraction of sp³-hybridized carbons (Fsp3) is 0.263. The van der Waals surface area contributed by atoms with Gasteiger partial charge in [0.2, 0.25) is 0 Å². The summed E-state index contributed by atoms with van der Waals surface area (Å²) in [4.78, 5) is 24.4. The van der Waals surface area contributed by atoms with Crippen LogP contribution in [0.1, 0.15) is 39.0 Å². The minimum Gasteiger partial charge on any atom is -0.454 e. The van der Waals surface area contributed by atoms with Gasteiger partial charge in [-0.3, -0.25) is 9.79 Å². The highest BCUT2D eigenvalue weighted by molar-refractivity contribution is 6.10. The normalized spacial score (nSPS) is 12.0. The zero-order valence-corrected chi connectivity index (χ0v) is 15.0. The molecule has 2 aromatic rings. The average Bonchev–Trinajstić information content (AvgIpc) is 2.62. The number of aromatic nitrogens is 2. The number of carbonyl (C=O) groups is 1. The first-order chi connectivity index (χ1) is 12.5. The lowest BCUT2D eigenvalue weighted by molar-refractivity contribution is 0.0976. The Labute approximate surface area is 153 Å². The molecule has 0 bridgehead atoms. The van der Waals surface area contributed by atoms with Crippen LogP contribution >= 0.6 is 0 Å². The summed E-state index contributed by atoms with van der Waals surface area (Å²) in [6.45, 7) is 6.36. The third kappa shape index (κ3) is 5.77. The van der Waals surface area contributed by atoms with Crippen LogP contribution in [0.2, 0.25) is 0 Å². The number of nitrogens with zero attached hydrogens (tertiary/aromatic N) is 3. The molecule has 1 amide bonds. The molecule has 1 heterocycles. The van der Waals surface area contributed by atoms with E-state index in [-0.39, 0.29) is 12.7 Å². The number of ether oxygens (including phenoxy) is 1. The Morgan fingerprint density at radius 2 is 2.00 bits per heavy atom. The number of hydrogen-bond acceptors (Lipinski definition) is 5. The number of benzene rings is 1. The largest absolute Gasteiger partial charge is 0.454 e. The van der Waals surface area contributed by atoms with E-state index in [9.17, 15) is 9.18 Å². The highest BCUT2D eigenvalue weighted by Crippen LogP contribution is 2.22. The Hall–Kier alpha value is -3.09. The number of carbonyl (C=O) groups excluding carboxylic acids is 1. The van der Waals surface area contributed by atoms with Gasteiger partial charge in [-0.2, -0.15) is 0 Å². The molecule has 2 rings (SSSR count). The van der Waals surface area contributed by atoms with Crippen LogP contribution in [-0.4, -0.2) is 28.3 Å². The second kappa shape index (κ2) is 9.41. The average molecular weight is 358 g/mol. The monoisotopic (exact) mass is 358 g/mol. The standard InChI is InChI=1S/C19H21FN4O2.H2/c1-4-13(3)6-18(23-5-2)24-19(25)14-7-15(20)9-16(8-14)26-17-10-21-12-22-11-17;/h6-12H,4-5H2,1-3H3,(H,23,24,25);1H/b13-6-;. The molecule has 0 aliphatic heterocycles. The summed E-state index contributed by atoms with van der Waals surface area (Å²) < 4.78 is 19.4. The van der Waals surface area contributed by atoms with Crippen LogP contribution in [0.3, 0.4) is 0 Å². The minimum absolute atomic E-state index is 0. The predicted octanol–water partition coefficient (Wildman–Crippen LogP) is 4.16. The van der Waals surface area contributed by atoms with E-state index in [4.69, 9.17) is 4.74 Å². The van der Waals surface area contributed by atoms with Crippen molar-refractivity contribution >= 4 is 11.7 Å². The van der Waals surface area contributed by atoms with Gasteiger partial charge in [-0.1, -0.05) is 12.5 Å². The van der Waals surface area contributed by atoms with Crippen LogP contribution in [0.5, 0.6) is 11.5 Å². The SMILES string of the molecule is CCN=C(/C=C(/C)CC)NC(=O)c1cc(F)cc(Oc2cncnc2)c1.[HH]. The van der Waals surface area contributed by atoms with Crippen molar-refractivity contribution in [2.75, 3.05) is 6.54 Å². The number of nitrogens with one attached hydrogen (secondary N) is 1. The van der Waals surface area contributed by atoms with Crippen molar-refractivity contribution in [3.63, 3.8) is 0 Å². The molecule has 0 fully saturated rings. The van der Waals surface area contributed by atoms with Crippen LogP contribution in [0, 0.1) is 5.82 Å². The molecule has 7 heteroatoms. The molecule has 0 saturated carbocycles. The molecule has 26 heavy (non-hydrogen) atoms. The second-order valence-corrected chi connectivity index (χ2v) is 5.51. The number of hydrogen-bond donors (Lipinski definition) is 1. The van der Waals surface area contributed by atoms with E-state index in [1.165, 1.54) is 30.9 Å². The van der Waals surface area contributed by atoms with Gasteiger partial charge in [0.1, 0.15) is 23.7 Å². The third-order valence-corrected chi connectivity index (χ3v) is 3.42. The van der Waals surface area contributed by atoms with E-state index in [2.05, 4.69) is 20.3 Å². The molecule has 0 saturated heterocycles. The lowest BCUT2D eigenvalue weighted by atomic mass is 10.2. The fourth-order valence-corrected chi connectivity index (χ4v) is 2.04. The maximum absolute atomic E-state index is 13.9. The van der Waals surface area contributed by atoms with Crippen molar-refractivity contribution in [2.24, 2.45) is 4.99 Å². The maximum atomic E-state index is 13.9. The fourth-order valence-electron chi connectivity index (χ4n) is 2.04. The summed E-state index contributed by atoms with van der Waals surface area (Å²) in [7, 11) is 0. The van der Waals surface area contributed by atoms with E-state index < -0.39 is 11.7 Å². The maximum Gasteiger partial charge on any atom is 0.257 e. The Morgan fingerprint density at radius 3 is 2.65 bits per heavy atom. The third-order valence-electron chi connectivity index (χ3n) is 3.42. The highest BCUT2D eigenvalue weighted by atomic mass is 19.1. The molecule has 1 aromatic carbocycles. The number of halogens is 1. The molecule has 1 N–H and O–H groups in total. The van der Waals surface area contributed by atoms with Crippen molar-refractivity contribution in [2.45, 2.75) is 27.2 Å². The number of amidine groups is 1. The smallest absolute Gasteiger partial charge is 0.257 e. The van der Waals surface area contributed by atoms with Crippen molar-refractivity contribution in [3.8, 4) is 11.5 Å². The summed E-state index contributed by atoms with van der Waals surface area (Å²) in [5, 5.41) is 2.71. The number of allylic oxidation sites excluding steroid dienone is 1. The summed E-state index contributed by atoms with van der Waals surface area (Å²) in [6, 6.07) is 3.78. The van der Waals surface area contributed by atoms with Gasteiger partial charge in [-0.15, -0.1) is 0 Å². The van der Waals surface area contributed by atoms with Gasteiger partial charge < -0.3 is 10.1 Å². The van der Waals surface area contributed by atoms with Gasteiger partial charge in [-0.25, -0.2) is 14.4 Å². The first-order valence-corrected chi connectivity index (χ1v) is 8.28. The molecule has 0 unspecified atom stereocenters. The predicted molar refractivity (Wildman–Crippen MR) is 100 cm³/mol. The lowest BCUT2D eigenvalue weighted by Gasteiger charge is -2.09. The Bertz CT molecular complexity index is 826. The number of amides is 1. The van der Waals surface area contributed by atoms with Crippen LogP contribution < -0.4 is 10.1 Å². The van der Waals surface area contributed by atoms with Crippen molar-refractivity contribution < 1.29 is 15.3 Å². The molecule has 0 aliphatic rings. The van der Waals surface area contributed by atoms with E-state index in [0.717, 1.165) is 18.1 Å². The van der Waals surface area contributed by atoms with Gasteiger partial charge in [-0.05, 0) is 38.5 Å². The van der Waals surface area contributed by atoms with Gasteiger partial charge in [0.25, 0.3) is 5.91 Å². The topological polar surface area (TPSA) is 76.5 Å². The molecule has 1 aromatic heterocycles. The zero-order chi connectivity index (χ0) is 18.9. The molecule has 6 nitrogen and oxygen atoms in total. The zero-order valence-electron chi connectivity index (χ0n) is 15.0. The van der Waals surface area contributed by atoms with Gasteiger partial charge in [0.05, 0.1) is 12.4 Å². The van der Waals surface area contributed by atoms with Crippen molar-refractivity contribution in [3.05, 3.63) is 59.9 Å². The summed E-state index contributed by atoms with van der Waals surface area (Å²) in [5.74, 6) is -0.0803. The molecular formula is C19H23FN4O2. The van der Waals surface area contributed by atoms with E-state index in [0.29, 0.717) is 18.1 Å². The minimum atomic E-state index is -0.584. The van der Waals surface area contributed by atoms with E-state index >= 15 is 0 Å². The van der Waals surface area contributed by atoms with Crippen molar-refractivity contribution in [1.82, 2.24) is 15.3 Å². The molecule has 0 radical (unpaired) electrons. The highest BCUT2D eigenvalue weighted by Gasteiger charge is 2.12. The molecule has 0 aliphatic carbocycles. The molecule has 0 spiro atoms. The van der Waals surface area contributed by atoms with Gasteiger partial charge in [0.15, 0.2) is 5.75 Å². The number of aliphatic imine (C=N–C) groups is 1. The number of rotatable bonds is 6. The quantitative estimate of drug-likeness (QED) is 0.621. The first kappa shape index (κ1) is 19.2. The Balaban J connectivity index is 0.00000364. The Kier molecular flexibility index (Phi) is 6.96.